The van der Waals surface area contributed by atoms with E-state index < -0.39 is 17.8 Å². The smallest absolute Gasteiger partial charge is 0.392 e. The molecule has 18 heavy (non-hydrogen) atoms. The van der Waals surface area contributed by atoms with Crippen molar-refractivity contribution in [3.63, 3.8) is 0 Å². The molecule has 1 N–H and O–H groups in total. The molecule has 0 heterocycles. The third-order valence-corrected chi connectivity index (χ3v) is 3.81. The first kappa shape index (κ1) is 13.4. The molecule has 2 unspecified atom stereocenters. The van der Waals surface area contributed by atoms with Crippen LogP contribution in [0.2, 0.25) is 0 Å². The van der Waals surface area contributed by atoms with Crippen LogP contribution in [0.5, 0.6) is 0 Å². The molecule has 0 spiro atoms. The predicted molar refractivity (Wildman–Crippen MR) is 63.0 cm³/mol. The van der Waals surface area contributed by atoms with Crippen molar-refractivity contribution in [2.75, 3.05) is 0 Å². The summed E-state index contributed by atoms with van der Waals surface area (Å²) >= 11 is 0. The summed E-state index contributed by atoms with van der Waals surface area (Å²) in [4.78, 5) is 0. The molecule has 1 aromatic rings. The molecule has 0 aromatic heterocycles. The molecule has 2 rings (SSSR count). The first-order valence-electron chi connectivity index (χ1n) is 6.05. The Morgan fingerprint density at radius 2 is 1.89 bits per heavy atom. The average molecular weight is 258 g/mol. The first-order chi connectivity index (χ1) is 8.22. The predicted octanol–water partition coefficient (Wildman–Crippen LogP) is 3.65. The van der Waals surface area contributed by atoms with E-state index in [9.17, 15) is 18.3 Å². The van der Waals surface area contributed by atoms with Crippen molar-refractivity contribution in [3.05, 3.63) is 35.4 Å². The monoisotopic (exact) mass is 258 g/mol. The second-order valence-corrected chi connectivity index (χ2v) is 5.73. The summed E-state index contributed by atoms with van der Waals surface area (Å²) in [6.45, 7) is 4.05. The minimum atomic E-state index is -4.35. The fraction of sp³-hybridized carbons (Fsp3) is 0.571. The maximum absolute atomic E-state index is 12.8. The normalized spacial score (nSPS) is 23.8. The number of aliphatic hydroxyl groups is 1. The van der Waals surface area contributed by atoms with E-state index in [1.165, 1.54) is 12.1 Å². The maximum Gasteiger partial charge on any atom is 0.416 e. The van der Waals surface area contributed by atoms with E-state index in [0.717, 1.165) is 12.5 Å². The van der Waals surface area contributed by atoms with Crippen LogP contribution in [0, 0.1) is 11.3 Å². The third-order valence-electron chi connectivity index (χ3n) is 3.81. The van der Waals surface area contributed by atoms with Gasteiger partial charge in [0.25, 0.3) is 0 Å². The van der Waals surface area contributed by atoms with E-state index >= 15 is 0 Å². The molecule has 0 aliphatic heterocycles. The number of alkyl halides is 3. The SMILES string of the molecule is CC1(C)CC1C(O)Cc1ccccc1C(F)(F)F. The van der Waals surface area contributed by atoms with Crippen molar-refractivity contribution < 1.29 is 18.3 Å². The van der Waals surface area contributed by atoms with E-state index in [2.05, 4.69) is 0 Å². The zero-order chi connectivity index (χ0) is 13.6. The fourth-order valence-electron chi connectivity index (χ4n) is 2.51. The lowest BCUT2D eigenvalue weighted by Gasteiger charge is -2.16. The Morgan fingerprint density at radius 1 is 1.33 bits per heavy atom. The van der Waals surface area contributed by atoms with Gasteiger partial charge in [-0.1, -0.05) is 32.0 Å². The Bertz CT molecular complexity index is 437. The molecular formula is C14H17F3O. The molecule has 1 fully saturated rings. The van der Waals surface area contributed by atoms with Crippen LogP contribution in [-0.4, -0.2) is 11.2 Å². The molecule has 0 saturated heterocycles. The second kappa shape index (κ2) is 4.26. The minimum Gasteiger partial charge on any atom is -0.392 e. The van der Waals surface area contributed by atoms with E-state index in [4.69, 9.17) is 0 Å². The van der Waals surface area contributed by atoms with Crippen molar-refractivity contribution >= 4 is 0 Å². The van der Waals surface area contributed by atoms with Crippen LogP contribution < -0.4 is 0 Å². The molecule has 0 amide bonds. The zero-order valence-corrected chi connectivity index (χ0v) is 10.5. The standard InChI is InChI=1S/C14H17F3O/c1-13(2)8-11(13)12(18)7-9-5-3-4-6-10(9)14(15,16)17/h3-6,11-12,18H,7-8H2,1-2H3. The van der Waals surface area contributed by atoms with Gasteiger partial charge >= 0.3 is 6.18 Å². The molecule has 1 aliphatic carbocycles. The Balaban J connectivity index is 2.15. The Labute approximate surface area is 105 Å². The lowest BCUT2D eigenvalue weighted by molar-refractivity contribution is -0.138. The molecule has 1 aromatic carbocycles. The molecule has 4 heteroatoms. The third kappa shape index (κ3) is 2.69. The summed E-state index contributed by atoms with van der Waals surface area (Å²) < 4.78 is 38.4. The van der Waals surface area contributed by atoms with Gasteiger partial charge in [0.15, 0.2) is 0 Å². The molecule has 1 aliphatic rings. The number of halogens is 3. The number of rotatable bonds is 3. The lowest BCUT2D eigenvalue weighted by atomic mass is 9.96. The lowest BCUT2D eigenvalue weighted by Crippen LogP contribution is -2.19. The van der Waals surface area contributed by atoms with Gasteiger partial charge in [0.2, 0.25) is 0 Å². The van der Waals surface area contributed by atoms with Crippen molar-refractivity contribution in [3.8, 4) is 0 Å². The average Bonchev–Trinajstić information content (AvgIpc) is 2.87. The van der Waals surface area contributed by atoms with Crippen LogP contribution in [0.25, 0.3) is 0 Å². The van der Waals surface area contributed by atoms with Crippen molar-refractivity contribution in [1.29, 1.82) is 0 Å². The quantitative estimate of drug-likeness (QED) is 0.877. The summed E-state index contributed by atoms with van der Waals surface area (Å²) in [7, 11) is 0. The summed E-state index contributed by atoms with van der Waals surface area (Å²) in [5.41, 5.74) is -0.394. The van der Waals surface area contributed by atoms with Gasteiger partial charge in [-0.3, -0.25) is 0 Å². The van der Waals surface area contributed by atoms with Gasteiger partial charge in [0.05, 0.1) is 11.7 Å². The Kier molecular flexibility index (Phi) is 3.18. The zero-order valence-electron chi connectivity index (χ0n) is 10.5. The van der Waals surface area contributed by atoms with Gasteiger partial charge in [-0.15, -0.1) is 0 Å². The van der Waals surface area contributed by atoms with E-state index in [-0.39, 0.29) is 23.3 Å². The fourth-order valence-corrected chi connectivity index (χ4v) is 2.51. The van der Waals surface area contributed by atoms with E-state index in [0.29, 0.717) is 0 Å². The van der Waals surface area contributed by atoms with Crippen molar-refractivity contribution in [2.45, 2.75) is 39.0 Å². The van der Waals surface area contributed by atoms with Crippen molar-refractivity contribution in [1.82, 2.24) is 0 Å². The number of aliphatic hydroxyl groups excluding tert-OH is 1. The summed E-state index contributed by atoms with van der Waals surface area (Å²) in [6, 6.07) is 5.47. The molecule has 1 saturated carbocycles. The highest BCUT2D eigenvalue weighted by atomic mass is 19.4. The van der Waals surface area contributed by atoms with Gasteiger partial charge in [-0.25, -0.2) is 0 Å². The van der Waals surface area contributed by atoms with Gasteiger partial charge in [-0.2, -0.15) is 13.2 Å². The maximum atomic E-state index is 12.8. The van der Waals surface area contributed by atoms with Crippen LogP contribution in [0.15, 0.2) is 24.3 Å². The first-order valence-corrected chi connectivity index (χ1v) is 6.05. The van der Waals surface area contributed by atoms with Crippen LogP contribution in [0.4, 0.5) is 13.2 Å². The molecule has 0 radical (unpaired) electrons. The molecule has 2 atom stereocenters. The number of benzene rings is 1. The topological polar surface area (TPSA) is 20.2 Å². The van der Waals surface area contributed by atoms with Crippen molar-refractivity contribution in [2.24, 2.45) is 11.3 Å². The molecule has 100 valence electrons. The van der Waals surface area contributed by atoms with E-state index in [1.807, 2.05) is 13.8 Å². The van der Waals surface area contributed by atoms with E-state index in [1.54, 1.807) is 6.07 Å². The van der Waals surface area contributed by atoms with Crippen LogP contribution >= 0.6 is 0 Å². The van der Waals surface area contributed by atoms with Crippen LogP contribution in [0.1, 0.15) is 31.4 Å². The van der Waals surface area contributed by atoms with Gasteiger partial charge in [0, 0.05) is 0 Å². The summed E-state index contributed by atoms with van der Waals surface area (Å²) in [6.07, 6.45) is -4.09. The summed E-state index contributed by atoms with van der Waals surface area (Å²) in [5.74, 6) is 0.110. The Morgan fingerprint density at radius 3 is 2.39 bits per heavy atom. The van der Waals surface area contributed by atoms with Gasteiger partial charge in [0.1, 0.15) is 0 Å². The highest BCUT2D eigenvalue weighted by molar-refractivity contribution is 5.30. The molecular weight excluding hydrogens is 241 g/mol. The molecule has 1 nitrogen and oxygen atoms in total. The highest BCUT2D eigenvalue weighted by Crippen LogP contribution is 2.54. The van der Waals surface area contributed by atoms with Crippen LogP contribution in [0.3, 0.4) is 0 Å². The second-order valence-electron chi connectivity index (χ2n) is 5.73. The highest BCUT2D eigenvalue weighted by Gasteiger charge is 2.49. The Hall–Kier alpha value is -1.03. The summed E-state index contributed by atoms with van der Waals surface area (Å²) in [5, 5.41) is 10.0. The van der Waals surface area contributed by atoms with Gasteiger partial charge in [-0.05, 0) is 35.8 Å². The van der Waals surface area contributed by atoms with Crippen LogP contribution in [-0.2, 0) is 12.6 Å². The van der Waals surface area contributed by atoms with Gasteiger partial charge < -0.3 is 5.11 Å². The number of hydrogen-bond donors (Lipinski definition) is 1. The largest absolute Gasteiger partial charge is 0.416 e. The minimum absolute atomic E-state index is 0.0621. The molecule has 0 bridgehead atoms. The number of hydrogen-bond acceptors (Lipinski definition) is 1.